The van der Waals surface area contributed by atoms with Crippen molar-refractivity contribution in [3.8, 4) is 5.75 Å². The van der Waals surface area contributed by atoms with Gasteiger partial charge in [-0.15, -0.1) is 0 Å². The Hall–Kier alpha value is -1.06. The molecule has 0 spiro atoms. The summed E-state index contributed by atoms with van der Waals surface area (Å²) in [6, 6.07) is 8.82. The van der Waals surface area contributed by atoms with E-state index in [9.17, 15) is 0 Å². The normalized spacial score (nSPS) is 11.3. The first-order chi connectivity index (χ1) is 9.15. The van der Waals surface area contributed by atoms with Crippen LogP contribution in [0, 0.1) is 0 Å². The summed E-state index contributed by atoms with van der Waals surface area (Å²) in [6.07, 6.45) is 2.46. The highest BCUT2D eigenvalue weighted by molar-refractivity contribution is 5.32. The molecule has 1 aromatic rings. The first-order valence-electron chi connectivity index (χ1n) is 7.18. The molecular formula is C16H28N2O. The summed E-state index contributed by atoms with van der Waals surface area (Å²) in [6.45, 7) is 7.59. The van der Waals surface area contributed by atoms with Gasteiger partial charge in [-0.1, -0.05) is 18.2 Å². The Morgan fingerprint density at radius 1 is 1.21 bits per heavy atom. The van der Waals surface area contributed by atoms with Gasteiger partial charge in [0.15, 0.2) is 0 Å². The average molecular weight is 264 g/mol. The fourth-order valence-corrected chi connectivity index (χ4v) is 1.94. The van der Waals surface area contributed by atoms with Crippen LogP contribution in [0.1, 0.15) is 32.3 Å². The number of benzene rings is 1. The van der Waals surface area contributed by atoms with Gasteiger partial charge in [0.05, 0.1) is 7.11 Å². The van der Waals surface area contributed by atoms with Crippen molar-refractivity contribution in [2.75, 3.05) is 27.2 Å². The molecule has 0 atom stereocenters. The second-order valence-electron chi connectivity index (χ2n) is 5.27. The van der Waals surface area contributed by atoms with E-state index < -0.39 is 0 Å². The standard InChI is InChI=1S/C16H28N2O/c1-14(2)18(3)12-8-7-11-17-13-15-9-5-6-10-16(15)19-4/h5-6,9-10,14,17H,7-8,11-13H2,1-4H3. The summed E-state index contributed by atoms with van der Waals surface area (Å²) < 4.78 is 5.33. The molecule has 0 heterocycles. The van der Waals surface area contributed by atoms with Crippen LogP contribution in [0.25, 0.3) is 0 Å². The predicted octanol–water partition coefficient (Wildman–Crippen LogP) is 2.91. The molecule has 0 saturated heterocycles. The Bertz CT molecular complexity index is 352. The van der Waals surface area contributed by atoms with Crippen LogP contribution in [-0.4, -0.2) is 38.2 Å². The van der Waals surface area contributed by atoms with Gasteiger partial charge in [0.25, 0.3) is 0 Å². The molecule has 0 aliphatic heterocycles. The van der Waals surface area contributed by atoms with Crippen molar-refractivity contribution in [2.24, 2.45) is 0 Å². The molecule has 0 aliphatic rings. The molecule has 0 fully saturated rings. The zero-order valence-corrected chi connectivity index (χ0v) is 12.8. The highest BCUT2D eigenvalue weighted by atomic mass is 16.5. The lowest BCUT2D eigenvalue weighted by molar-refractivity contribution is 0.268. The maximum absolute atomic E-state index is 5.33. The summed E-state index contributed by atoms with van der Waals surface area (Å²) in [4.78, 5) is 2.39. The second-order valence-corrected chi connectivity index (χ2v) is 5.27. The van der Waals surface area contributed by atoms with Crippen LogP contribution in [0.5, 0.6) is 5.75 Å². The summed E-state index contributed by atoms with van der Waals surface area (Å²) in [5, 5.41) is 3.48. The maximum Gasteiger partial charge on any atom is 0.123 e. The van der Waals surface area contributed by atoms with Crippen molar-refractivity contribution in [3.63, 3.8) is 0 Å². The number of rotatable bonds is 9. The lowest BCUT2D eigenvalue weighted by Crippen LogP contribution is -2.27. The van der Waals surface area contributed by atoms with E-state index in [4.69, 9.17) is 4.74 Å². The molecule has 0 bridgehead atoms. The van der Waals surface area contributed by atoms with Crippen LogP contribution < -0.4 is 10.1 Å². The van der Waals surface area contributed by atoms with Crippen molar-refractivity contribution in [1.29, 1.82) is 0 Å². The van der Waals surface area contributed by atoms with Gasteiger partial charge < -0.3 is 15.0 Å². The third kappa shape index (κ3) is 6.08. The molecule has 19 heavy (non-hydrogen) atoms. The molecule has 0 aliphatic carbocycles. The van der Waals surface area contributed by atoms with Crippen LogP contribution >= 0.6 is 0 Å². The SMILES string of the molecule is COc1ccccc1CNCCCCN(C)C(C)C. The van der Waals surface area contributed by atoms with Gasteiger partial charge in [-0.25, -0.2) is 0 Å². The van der Waals surface area contributed by atoms with E-state index in [0.29, 0.717) is 6.04 Å². The van der Waals surface area contributed by atoms with E-state index in [1.54, 1.807) is 7.11 Å². The zero-order chi connectivity index (χ0) is 14.1. The third-order valence-electron chi connectivity index (χ3n) is 3.50. The minimum Gasteiger partial charge on any atom is -0.496 e. The molecule has 1 N–H and O–H groups in total. The van der Waals surface area contributed by atoms with E-state index in [2.05, 4.69) is 43.2 Å². The van der Waals surface area contributed by atoms with E-state index in [0.717, 1.165) is 18.8 Å². The van der Waals surface area contributed by atoms with Crippen LogP contribution in [0.3, 0.4) is 0 Å². The number of hydrogen-bond donors (Lipinski definition) is 1. The van der Waals surface area contributed by atoms with E-state index >= 15 is 0 Å². The summed E-state index contributed by atoms with van der Waals surface area (Å²) in [7, 11) is 3.91. The fraction of sp³-hybridized carbons (Fsp3) is 0.625. The quantitative estimate of drug-likeness (QED) is 0.694. The molecule has 108 valence electrons. The lowest BCUT2D eigenvalue weighted by Gasteiger charge is -2.20. The third-order valence-corrected chi connectivity index (χ3v) is 3.50. The molecule has 1 aromatic carbocycles. The lowest BCUT2D eigenvalue weighted by atomic mass is 10.2. The van der Waals surface area contributed by atoms with Crippen LogP contribution in [0.15, 0.2) is 24.3 Å². The van der Waals surface area contributed by atoms with Crippen LogP contribution in [-0.2, 0) is 6.54 Å². The highest BCUT2D eigenvalue weighted by Gasteiger charge is 2.02. The second kappa shape index (κ2) is 8.94. The summed E-state index contributed by atoms with van der Waals surface area (Å²) in [5.74, 6) is 0.967. The number of ether oxygens (including phenoxy) is 1. The highest BCUT2D eigenvalue weighted by Crippen LogP contribution is 2.16. The molecular weight excluding hydrogens is 236 g/mol. The van der Waals surface area contributed by atoms with Crippen molar-refractivity contribution in [3.05, 3.63) is 29.8 Å². The van der Waals surface area contributed by atoms with Crippen LogP contribution in [0.4, 0.5) is 0 Å². The van der Waals surface area contributed by atoms with Gasteiger partial charge in [0, 0.05) is 18.2 Å². The van der Waals surface area contributed by atoms with Crippen molar-refractivity contribution in [2.45, 2.75) is 39.3 Å². The zero-order valence-electron chi connectivity index (χ0n) is 12.8. The number of para-hydroxylation sites is 1. The van der Waals surface area contributed by atoms with E-state index in [1.165, 1.54) is 24.9 Å². The van der Waals surface area contributed by atoms with Gasteiger partial charge in [0.2, 0.25) is 0 Å². The summed E-state index contributed by atoms with van der Waals surface area (Å²) in [5.41, 5.74) is 1.23. The Labute approximate surface area is 118 Å². The number of unbranched alkanes of at least 4 members (excludes halogenated alkanes) is 1. The van der Waals surface area contributed by atoms with Gasteiger partial charge in [-0.05, 0) is 52.9 Å². The van der Waals surface area contributed by atoms with Gasteiger partial charge >= 0.3 is 0 Å². The fourth-order valence-electron chi connectivity index (χ4n) is 1.94. The molecule has 1 rings (SSSR count). The number of nitrogens with zero attached hydrogens (tertiary/aromatic N) is 1. The number of methoxy groups -OCH3 is 1. The van der Waals surface area contributed by atoms with Crippen molar-refractivity contribution < 1.29 is 4.74 Å². The number of nitrogens with one attached hydrogen (secondary N) is 1. The summed E-state index contributed by atoms with van der Waals surface area (Å²) >= 11 is 0. The number of hydrogen-bond acceptors (Lipinski definition) is 3. The average Bonchev–Trinajstić information content (AvgIpc) is 2.42. The molecule has 0 radical (unpaired) electrons. The van der Waals surface area contributed by atoms with Gasteiger partial charge in [0.1, 0.15) is 5.75 Å². The van der Waals surface area contributed by atoms with Gasteiger partial charge in [-0.2, -0.15) is 0 Å². The topological polar surface area (TPSA) is 24.5 Å². The minimum absolute atomic E-state index is 0.640. The molecule has 0 saturated carbocycles. The first kappa shape index (κ1) is 16.0. The van der Waals surface area contributed by atoms with Crippen LogP contribution in [0.2, 0.25) is 0 Å². The van der Waals surface area contributed by atoms with E-state index in [1.807, 2.05) is 12.1 Å². The molecule has 0 unspecified atom stereocenters. The largest absolute Gasteiger partial charge is 0.496 e. The Morgan fingerprint density at radius 2 is 1.95 bits per heavy atom. The molecule has 3 heteroatoms. The molecule has 3 nitrogen and oxygen atoms in total. The maximum atomic E-state index is 5.33. The molecule has 0 amide bonds. The first-order valence-corrected chi connectivity index (χ1v) is 7.18. The van der Waals surface area contributed by atoms with Crippen molar-refractivity contribution in [1.82, 2.24) is 10.2 Å². The Morgan fingerprint density at radius 3 is 2.63 bits per heavy atom. The molecule has 0 aromatic heterocycles. The monoisotopic (exact) mass is 264 g/mol. The Balaban J connectivity index is 2.14. The van der Waals surface area contributed by atoms with Crippen molar-refractivity contribution >= 4 is 0 Å². The predicted molar refractivity (Wildman–Crippen MR) is 81.7 cm³/mol. The minimum atomic E-state index is 0.640. The Kier molecular flexibility index (Phi) is 7.53. The van der Waals surface area contributed by atoms with Gasteiger partial charge in [-0.3, -0.25) is 0 Å². The smallest absolute Gasteiger partial charge is 0.123 e. The van der Waals surface area contributed by atoms with E-state index in [-0.39, 0.29) is 0 Å².